The van der Waals surface area contributed by atoms with Gasteiger partial charge in [0.05, 0.1) is 22.2 Å². The van der Waals surface area contributed by atoms with Gasteiger partial charge >= 0.3 is 0 Å². The van der Waals surface area contributed by atoms with E-state index in [9.17, 15) is 4.79 Å². The number of hydrogen-bond donors (Lipinski definition) is 0. The van der Waals surface area contributed by atoms with E-state index in [-0.39, 0.29) is 11.9 Å². The van der Waals surface area contributed by atoms with E-state index in [1.54, 1.807) is 0 Å². The maximum Gasteiger partial charge on any atom is 0.266 e. The normalized spacial score (nSPS) is 18.0. The summed E-state index contributed by atoms with van der Waals surface area (Å²) in [7, 11) is 0. The van der Waals surface area contributed by atoms with Crippen molar-refractivity contribution >= 4 is 51.9 Å². The molecule has 1 aliphatic carbocycles. The predicted molar refractivity (Wildman–Crippen MR) is 147 cm³/mol. The molecule has 1 saturated heterocycles. The van der Waals surface area contributed by atoms with Crippen LogP contribution in [-0.4, -0.2) is 37.6 Å². The number of rotatable bonds is 6. The fraction of sp³-hybridized carbons (Fsp3) is 0.296. The lowest BCUT2D eigenvalue weighted by Gasteiger charge is -2.29. The molecule has 2 aromatic carbocycles. The van der Waals surface area contributed by atoms with Gasteiger partial charge in [0.25, 0.3) is 5.91 Å². The monoisotopic (exact) mass is 523 g/mol. The van der Waals surface area contributed by atoms with Gasteiger partial charge in [-0.15, -0.1) is 0 Å². The third-order valence-electron chi connectivity index (χ3n) is 6.32. The molecule has 5 nitrogen and oxygen atoms in total. The second-order valence-corrected chi connectivity index (χ2v) is 10.7. The second kappa shape index (κ2) is 10.6. The van der Waals surface area contributed by atoms with E-state index in [4.69, 9.17) is 33.7 Å². The third kappa shape index (κ3) is 5.03. The highest BCUT2D eigenvalue weighted by Crippen LogP contribution is 2.39. The SMILES string of the molecule is CCOc1ccc(-c2nn(-c3ccccc3)cc2/C=C2\SC(=S)N(C3CCCCC3)C2=O)cc1Cl. The van der Waals surface area contributed by atoms with Gasteiger partial charge in [-0.1, -0.05) is 73.0 Å². The van der Waals surface area contributed by atoms with Crippen LogP contribution in [0.25, 0.3) is 23.0 Å². The summed E-state index contributed by atoms with van der Waals surface area (Å²) in [6.45, 7) is 2.46. The highest BCUT2D eigenvalue weighted by atomic mass is 35.5. The van der Waals surface area contributed by atoms with Crippen molar-refractivity contribution in [1.29, 1.82) is 0 Å². The van der Waals surface area contributed by atoms with Crippen LogP contribution in [-0.2, 0) is 4.79 Å². The summed E-state index contributed by atoms with van der Waals surface area (Å²) in [6, 6.07) is 15.8. The predicted octanol–water partition coefficient (Wildman–Crippen LogP) is 7.13. The molecule has 180 valence electrons. The molecular weight excluding hydrogens is 498 g/mol. The van der Waals surface area contributed by atoms with Crippen molar-refractivity contribution in [3.8, 4) is 22.7 Å². The largest absolute Gasteiger partial charge is 0.492 e. The molecule has 0 N–H and O–H groups in total. The minimum Gasteiger partial charge on any atom is -0.492 e. The molecule has 2 fully saturated rings. The van der Waals surface area contributed by atoms with Gasteiger partial charge in [-0.2, -0.15) is 5.10 Å². The number of benzene rings is 2. The lowest BCUT2D eigenvalue weighted by atomic mass is 9.94. The molecule has 2 heterocycles. The molecular formula is C27H26ClN3O2S2. The van der Waals surface area contributed by atoms with Crippen molar-refractivity contribution in [3.63, 3.8) is 0 Å². The Morgan fingerprint density at radius 1 is 1.17 bits per heavy atom. The van der Waals surface area contributed by atoms with E-state index < -0.39 is 0 Å². The highest BCUT2D eigenvalue weighted by molar-refractivity contribution is 8.26. The molecule has 0 atom stereocenters. The fourth-order valence-electron chi connectivity index (χ4n) is 4.63. The molecule has 5 rings (SSSR count). The Labute approximate surface area is 220 Å². The second-order valence-electron chi connectivity index (χ2n) is 8.63. The van der Waals surface area contributed by atoms with Crippen LogP contribution in [0.15, 0.2) is 59.6 Å². The van der Waals surface area contributed by atoms with Gasteiger partial charge in [0, 0.05) is 23.4 Å². The molecule has 0 spiro atoms. The molecule has 35 heavy (non-hydrogen) atoms. The maximum atomic E-state index is 13.4. The number of hydrogen-bond acceptors (Lipinski definition) is 5. The van der Waals surface area contributed by atoms with Crippen LogP contribution in [0.5, 0.6) is 5.75 Å². The zero-order chi connectivity index (χ0) is 24.4. The third-order valence-corrected chi connectivity index (χ3v) is 7.94. The molecule has 1 saturated carbocycles. The molecule has 1 aliphatic heterocycles. The first-order chi connectivity index (χ1) is 17.0. The van der Waals surface area contributed by atoms with Crippen molar-refractivity contribution in [3.05, 3.63) is 70.2 Å². The smallest absolute Gasteiger partial charge is 0.266 e. The summed E-state index contributed by atoms with van der Waals surface area (Å²) in [5.41, 5.74) is 3.35. The van der Waals surface area contributed by atoms with E-state index in [1.165, 1.54) is 18.2 Å². The zero-order valence-corrected chi connectivity index (χ0v) is 21.8. The van der Waals surface area contributed by atoms with Crippen LogP contribution >= 0.6 is 35.6 Å². The Bertz CT molecular complexity index is 1280. The number of amides is 1. The standard InChI is InChI=1S/C27H26ClN3O2S2/c1-2-33-23-14-13-18(15-22(23)28)25-19(17-30(29-25)20-9-5-3-6-10-20)16-24-26(32)31(27(34)35-24)21-11-7-4-8-12-21/h3,5-6,9-10,13-17,21H,2,4,7-8,11-12H2,1H3/b24-16-. The van der Waals surface area contributed by atoms with Crippen molar-refractivity contribution in [1.82, 2.24) is 14.7 Å². The van der Waals surface area contributed by atoms with Crippen LogP contribution in [0.4, 0.5) is 0 Å². The number of carbonyl (C=O) groups excluding carboxylic acids is 1. The maximum absolute atomic E-state index is 13.4. The van der Waals surface area contributed by atoms with E-state index in [2.05, 4.69) is 0 Å². The Hall–Kier alpha value is -2.61. The van der Waals surface area contributed by atoms with Crippen molar-refractivity contribution in [2.75, 3.05) is 6.61 Å². The minimum atomic E-state index is -0.00460. The number of nitrogens with zero attached hydrogens (tertiary/aromatic N) is 3. The highest BCUT2D eigenvalue weighted by Gasteiger charge is 2.37. The quantitative estimate of drug-likeness (QED) is 0.254. The van der Waals surface area contributed by atoms with E-state index in [1.807, 2.05) is 77.3 Å². The molecule has 1 aromatic heterocycles. The van der Waals surface area contributed by atoms with Crippen molar-refractivity contribution in [2.45, 2.75) is 45.1 Å². The average Bonchev–Trinajstić information content (AvgIpc) is 3.42. The number of thiocarbonyl (C=S) groups is 1. The zero-order valence-electron chi connectivity index (χ0n) is 19.4. The summed E-state index contributed by atoms with van der Waals surface area (Å²) in [5.74, 6) is 0.630. The van der Waals surface area contributed by atoms with Crippen LogP contribution in [0.3, 0.4) is 0 Å². The number of halogens is 1. The van der Waals surface area contributed by atoms with Crippen LogP contribution in [0.2, 0.25) is 5.02 Å². The van der Waals surface area contributed by atoms with Crippen LogP contribution in [0.1, 0.15) is 44.6 Å². The summed E-state index contributed by atoms with van der Waals surface area (Å²) >= 11 is 13.5. The number of carbonyl (C=O) groups is 1. The molecule has 3 aromatic rings. The van der Waals surface area contributed by atoms with Gasteiger partial charge < -0.3 is 4.74 Å². The minimum absolute atomic E-state index is 0.00460. The Morgan fingerprint density at radius 3 is 2.66 bits per heavy atom. The molecule has 0 unspecified atom stereocenters. The Balaban J connectivity index is 1.54. The molecule has 0 bridgehead atoms. The van der Waals surface area contributed by atoms with E-state index in [0.717, 1.165) is 48.2 Å². The first kappa shape index (κ1) is 24.1. The Kier molecular flexibility index (Phi) is 7.27. The molecule has 8 heteroatoms. The topological polar surface area (TPSA) is 47.4 Å². The lowest BCUT2D eigenvalue weighted by molar-refractivity contribution is -0.124. The van der Waals surface area contributed by atoms with Gasteiger partial charge in [-0.3, -0.25) is 9.69 Å². The van der Waals surface area contributed by atoms with E-state index in [0.29, 0.717) is 26.6 Å². The average molecular weight is 524 g/mol. The van der Waals surface area contributed by atoms with Crippen LogP contribution < -0.4 is 4.74 Å². The number of thioether (sulfide) groups is 1. The first-order valence-electron chi connectivity index (χ1n) is 11.9. The van der Waals surface area contributed by atoms with Crippen LogP contribution in [0, 0.1) is 0 Å². The van der Waals surface area contributed by atoms with E-state index >= 15 is 0 Å². The van der Waals surface area contributed by atoms with Gasteiger partial charge in [-0.25, -0.2) is 4.68 Å². The molecule has 2 aliphatic rings. The van der Waals surface area contributed by atoms with Crippen molar-refractivity contribution < 1.29 is 9.53 Å². The van der Waals surface area contributed by atoms with Gasteiger partial charge in [0.1, 0.15) is 15.8 Å². The van der Waals surface area contributed by atoms with Crippen molar-refractivity contribution in [2.24, 2.45) is 0 Å². The first-order valence-corrected chi connectivity index (χ1v) is 13.5. The number of para-hydroxylation sites is 1. The Morgan fingerprint density at radius 2 is 1.94 bits per heavy atom. The fourth-order valence-corrected chi connectivity index (χ4v) is 6.25. The summed E-state index contributed by atoms with van der Waals surface area (Å²) in [6.07, 6.45) is 9.41. The lowest BCUT2D eigenvalue weighted by Crippen LogP contribution is -2.39. The van der Waals surface area contributed by atoms with Gasteiger partial charge in [-0.05, 0) is 56.2 Å². The number of ether oxygens (including phenoxy) is 1. The molecule has 0 radical (unpaired) electrons. The summed E-state index contributed by atoms with van der Waals surface area (Å²) in [5, 5.41) is 5.39. The summed E-state index contributed by atoms with van der Waals surface area (Å²) in [4.78, 5) is 15.9. The van der Waals surface area contributed by atoms with Gasteiger partial charge in [0.2, 0.25) is 0 Å². The molecule has 1 amide bonds. The van der Waals surface area contributed by atoms with Gasteiger partial charge in [0.15, 0.2) is 0 Å². The number of aromatic nitrogens is 2. The summed E-state index contributed by atoms with van der Waals surface area (Å²) < 4.78 is 8.07.